The van der Waals surface area contributed by atoms with Gasteiger partial charge in [0.1, 0.15) is 0 Å². The molecule has 2 heterocycles. The van der Waals surface area contributed by atoms with Gasteiger partial charge in [0.2, 0.25) is 0 Å². The molecule has 0 bridgehead atoms. The number of morpholine rings is 1. The molecule has 106 valence electrons. The van der Waals surface area contributed by atoms with E-state index in [1.54, 1.807) is 8.61 Å². The molecule has 18 heavy (non-hydrogen) atoms. The van der Waals surface area contributed by atoms with E-state index < -0.39 is 10.2 Å². The predicted octanol–water partition coefficient (Wildman–Crippen LogP) is -0.236. The second-order valence-corrected chi connectivity index (χ2v) is 7.19. The Balaban J connectivity index is 2.09. The molecule has 0 amide bonds. The number of nitrogens with two attached hydrogens (primary N) is 1. The number of hydrogen-bond donors (Lipinski definition) is 1. The maximum absolute atomic E-state index is 12.6. The van der Waals surface area contributed by atoms with Crippen molar-refractivity contribution in [3.05, 3.63) is 0 Å². The van der Waals surface area contributed by atoms with Gasteiger partial charge in [0, 0.05) is 31.7 Å². The molecule has 2 fully saturated rings. The van der Waals surface area contributed by atoms with Gasteiger partial charge in [-0.1, -0.05) is 0 Å². The van der Waals surface area contributed by atoms with Crippen molar-refractivity contribution in [1.82, 2.24) is 8.61 Å². The lowest BCUT2D eigenvalue weighted by Gasteiger charge is -2.40. The van der Waals surface area contributed by atoms with Crippen molar-refractivity contribution in [3.8, 4) is 0 Å². The molecule has 2 N–H and O–H groups in total. The molecule has 0 aromatic carbocycles. The maximum atomic E-state index is 12.6. The van der Waals surface area contributed by atoms with Crippen LogP contribution in [0.1, 0.15) is 26.7 Å². The van der Waals surface area contributed by atoms with E-state index in [2.05, 4.69) is 0 Å². The predicted molar refractivity (Wildman–Crippen MR) is 69.3 cm³/mol. The minimum absolute atomic E-state index is 0.0389. The minimum Gasteiger partial charge on any atom is -0.375 e. The normalized spacial score (nSPS) is 33.7. The molecule has 2 rings (SSSR count). The molecule has 0 radical (unpaired) electrons. The molecule has 2 saturated heterocycles. The van der Waals surface area contributed by atoms with E-state index in [0.29, 0.717) is 26.2 Å². The van der Waals surface area contributed by atoms with E-state index in [0.717, 1.165) is 12.8 Å². The Labute approximate surface area is 109 Å². The quantitative estimate of drug-likeness (QED) is 0.756. The van der Waals surface area contributed by atoms with E-state index in [1.807, 2.05) is 13.8 Å². The van der Waals surface area contributed by atoms with Crippen LogP contribution in [0.4, 0.5) is 0 Å². The Morgan fingerprint density at radius 1 is 1.22 bits per heavy atom. The number of ether oxygens (including phenoxy) is 1. The summed E-state index contributed by atoms with van der Waals surface area (Å²) in [6.07, 6.45) is 1.45. The summed E-state index contributed by atoms with van der Waals surface area (Å²) in [5.41, 5.74) is 5.81. The zero-order chi connectivity index (χ0) is 13.3. The van der Waals surface area contributed by atoms with Gasteiger partial charge < -0.3 is 10.5 Å². The molecule has 0 saturated carbocycles. The van der Waals surface area contributed by atoms with Gasteiger partial charge in [-0.25, -0.2) is 0 Å². The first kappa shape index (κ1) is 14.2. The van der Waals surface area contributed by atoms with Crippen LogP contribution < -0.4 is 5.73 Å². The fourth-order valence-electron chi connectivity index (χ4n) is 2.45. The molecular weight excluding hydrogens is 254 g/mol. The van der Waals surface area contributed by atoms with Crippen molar-refractivity contribution in [2.75, 3.05) is 26.2 Å². The number of piperidine rings is 1. The Bertz CT molecular complexity index is 379. The first-order valence-electron chi connectivity index (χ1n) is 6.55. The first-order valence-corrected chi connectivity index (χ1v) is 7.95. The van der Waals surface area contributed by atoms with E-state index in [1.165, 1.54) is 0 Å². The zero-order valence-corrected chi connectivity index (χ0v) is 11.9. The summed E-state index contributed by atoms with van der Waals surface area (Å²) in [7, 11) is -3.36. The lowest BCUT2D eigenvalue weighted by molar-refractivity contribution is -0.0193. The number of nitrogens with zero attached hydrogens (tertiary/aromatic N) is 2. The van der Waals surface area contributed by atoms with Crippen molar-refractivity contribution in [1.29, 1.82) is 0 Å². The van der Waals surface area contributed by atoms with Gasteiger partial charge in [-0.2, -0.15) is 17.0 Å². The fourth-order valence-corrected chi connectivity index (χ4v) is 4.33. The van der Waals surface area contributed by atoms with Crippen LogP contribution in [-0.4, -0.2) is 61.5 Å². The van der Waals surface area contributed by atoms with Crippen LogP contribution >= 0.6 is 0 Å². The van der Waals surface area contributed by atoms with Crippen molar-refractivity contribution in [2.24, 2.45) is 5.73 Å². The highest BCUT2D eigenvalue weighted by atomic mass is 32.2. The van der Waals surface area contributed by atoms with E-state index in [9.17, 15) is 8.42 Å². The minimum atomic E-state index is -3.36. The van der Waals surface area contributed by atoms with Gasteiger partial charge in [-0.05, 0) is 26.7 Å². The van der Waals surface area contributed by atoms with Crippen LogP contribution in [0.25, 0.3) is 0 Å². The fraction of sp³-hybridized carbons (Fsp3) is 1.00. The van der Waals surface area contributed by atoms with Gasteiger partial charge in [0.05, 0.1) is 12.7 Å². The molecule has 2 unspecified atom stereocenters. The summed E-state index contributed by atoms with van der Waals surface area (Å²) < 4.78 is 33.7. The van der Waals surface area contributed by atoms with Crippen molar-refractivity contribution < 1.29 is 13.2 Å². The van der Waals surface area contributed by atoms with Crippen molar-refractivity contribution in [2.45, 2.75) is 44.9 Å². The maximum Gasteiger partial charge on any atom is 0.282 e. The second kappa shape index (κ2) is 5.42. The third-order valence-corrected chi connectivity index (χ3v) is 5.79. The highest BCUT2D eigenvalue weighted by molar-refractivity contribution is 7.86. The van der Waals surface area contributed by atoms with E-state index in [4.69, 9.17) is 10.5 Å². The third-order valence-electron chi connectivity index (χ3n) is 3.67. The van der Waals surface area contributed by atoms with Gasteiger partial charge in [0.25, 0.3) is 10.2 Å². The summed E-state index contributed by atoms with van der Waals surface area (Å²) in [6, 6.07) is 0.0410. The average Bonchev–Trinajstić information content (AvgIpc) is 2.32. The lowest BCUT2D eigenvalue weighted by atomic mass is 10.1. The molecule has 2 aliphatic heterocycles. The summed E-state index contributed by atoms with van der Waals surface area (Å²) >= 11 is 0. The lowest BCUT2D eigenvalue weighted by Crippen LogP contribution is -2.56. The molecule has 0 aromatic heterocycles. The summed E-state index contributed by atoms with van der Waals surface area (Å²) in [5.74, 6) is 0. The van der Waals surface area contributed by atoms with Crippen LogP contribution in [0.5, 0.6) is 0 Å². The molecule has 0 spiro atoms. The standard InChI is InChI=1S/C11H23N3O3S/c1-9-8-17-10(2)7-14(9)18(15,16)13-5-3-11(12)4-6-13/h9-11H,3-8,12H2,1-2H3. The molecular formula is C11H23N3O3S. The van der Waals surface area contributed by atoms with Crippen molar-refractivity contribution >= 4 is 10.2 Å². The third kappa shape index (κ3) is 2.85. The highest BCUT2D eigenvalue weighted by Gasteiger charge is 2.38. The summed E-state index contributed by atoms with van der Waals surface area (Å²) in [4.78, 5) is 0. The topological polar surface area (TPSA) is 75.9 Å². The molecule has 2 atom stereocenters. The van der Waals surface area contributed by atoms with Crippen LogP contribution in [-0.2, 0) is 14.9 Å². The van der Waals surface area contributed by atoms with Crippen LogP contribution in [0, 0.1) is 0 Å². The second-order valence-electron chi connectivity index (χ2n) is 5.31. The van der Waals surface area contributed by atoms with Gasteiger partial charge in [-0.15, -0.1) is 0 Å². The molecule has 2 aliphatic rings. The average molecular weight is 277 g/mol. The molecule has 6 nitrogen and oxygen atoms in total. The zero-order valence-electron chi connectivity index (χ0n) is 11.1. The smallest absolute Gasteiger partial charge is 0.282 e. The Morgan fingerprint density at radius 2 is 1.83 bits per heavy atom. The van der Waals surface area contributed by atoms with E-state index in [-0.39, 0.29) is 18.2 Å². The molecule has 0 aromatic rings. The van der Waals surface area contributed by atoms with Crippen LogP contribution in [0.3, 0.4) is 0 Å². The van der Waals surface area contributed by atoms with E-state index >= 15 is 0 Å². The highest BCUT2D eigenvalue weighted by Crippen LogP contribution is 2.21. The van der Waals surface area contributed by atoms with Gasteiger partial charge in [0.15, 0.2) is 0 Å². The Hall–Kier alpha value is -0.210. The summed E-state index contributed by atoms with van der Waals surface area (Å²) in [6.45, 7) is 5.75. The monoisotopic (exact) mass is 277 g/mol. The molecule has 0 aliphatic carbocycles. The number of rotatable bonds is 2. The van der Waals surface area contributed by atoms with Crippen molar-refractivity contribution in [3.63, 3.8) is 0 Å². The Morgan fingerprint density at radius 3 is 2.44 bits per heavy atom. The largest absolute Gasteiger partial charge is 0.375 e. The SMILES string of the molecule is CC1CN(S(=O)(=O)N2CCC(N)CC2)C(C)CO1. The Kier molecular flexibility index (Phi) is 4.28. The van der Waals surface area contributed by atoms with Crippen LogP contribution in [0.2, 0.25) is 0 Å². The molecule has 7 heteroatoms. The summed E-state index contributed by atoms with van der Waals surface area (Å²) in [5, 5.41) is 0. The number of hydrogen-bond acceptors (Lipinski definition) is 4. The van der Waals surface area contributed by atoms with Crippen LogP contribution in [0.15, 0.2) is 0 Å². The first-order chi connectivity index (χ1) is 8.41. The van der Waals surface area contributed by atoms with Gasteiger partial charge >= 0.3 is 0 Å². The van der Waals surface area contributed by atoms with Gasteiger partial charge in [-0.3, -0.25) is 0 Å².